The Hall–Kier alpha value is -2.10. The van der Waals surface area contributed by atoms with E-state index in [4.69, 9.17) is 4.74 Å². The predicted molar refractivity (Wildman–Crippen MR) is 73.9 cm³/mol. The highest BCUT2D eigenvalue weighted by Gasteiger charge is 2.15. The number of hydrogen-bond donors (Lipinski definition) is 1. The number of carbonyl (C=O) groups is 1. The summed E-state index contributed by atoms with van der Waals surface area (Å²) in [4.78, 5) is 15.7. The van der Waals surface area contributed by atoms with Crippen LogP contribution in [-0.2, 0) is 6.42 Å². The summed E-state index contributed by atoms with van der Waals surface area (Å²) in [5, 5.41) is 10.1. The molecule has 0 aliphatic carbocycles. The van der Waals surface area contributed by atoms with E-state index in [1.165, 1.54) is 0 Å². The molecule has 0 saturated heterocycles. The summed E-state index contributed by atoms with van der Waals surface area (Å²) in [5.74, 6) is -0.801. The van der Waals surface area contributed by atoms with Gasteiger partial charge in [-0.1, -0.05) is 32.0 Å². The number of rotatable bonds is 5. The van der Waals surface area contributed by atoms with Crippen LogP contribution in [0.5, 0.6) is 5.88 Å². The molecule has 0 aliphatic rings. The van der Waals surface area contributed by atoms with Gasteiger partial charge in [0.15, 0.2) is 0 Å². The highest BCUT2D eigenvalue weighted by molar-refractivity contribution is 5.96. The second-order valence-electron chi connectivity index (χ2n) is 4.34. The molecule has 0 atom stereocenters. The second kappa shape index (κ2) is 5.69. The highest BCUT2D eigenvalue weighted by Crippen LogP contribution is 2.25. The van der Waals surface area contributed by atoms with E-state index in [2.05, 4.69) is 4.98 Å². The van der Waals surface area contributed by atoms with E-state index in [1.54, 1.807) is 6.07 Å². The van der Waals surface area contributed by atoms with Crippen LogP contribution in [-0.4, -0.2) is 22.7 Å². The Labute approximate surface area is 112 Å². The SMILES string of the molecule is CCCOc1nc2c(CC)cccc2cc1C(=O)O. The lowest BCUT2D eigenvalue weighted by atomic mass is 10.1. The van der Waals surface area contributed by atoms with E-state index in [0.717, 1.165) is 29.3 Å². The normalized spacial score (nSPS) is 10.6. The van der Waals surface area contributed by atoms with E-state index in [0.29, 0.717) is 6.61 Å². The molecule has 1 aromatic heterocycles. The molecule has 0 saturated carbocycles. The average molecular weight is 259 g/mol. The van der Waals surface area contributed by atoms with Gasteiger partial charge in [0.05, 0.1) is 12.1 Å². The van der Waals surface area contributed by atoms with Crippen molar-refractivity contribution in [2.45, 2.75) is 26.7 Å². The number of aromatic carboxylic acids is 1. The van der Waals surface area contributed by atoms with Crippen LogP contribution in [0.4, 0.5) is 0 Å². The summed E-state index contributed by atoms with van der Waals surface area (Å²) < 4.78 is 5.46. The first-order valence-corrected chi connectivity index (χ1v) is 6.46. The number of para-hydroxylation sites is 1. The van der Waals surface area contributed by atoms with Crippen molar-refractivity contribution in [2.24, 2.45) is 0 Å². The summed E-state index contributed by atoms with van der Waals surface area (Å²) in [7, 11) is 0. The fourth-order valence-electron chi connectivity index (χ4n) is 1.99. The Balaban J connectivity index is 2.62. The minimum Gasteiger partial charge on any atom is -0.477 e. The van der Waals surface area contributed by atoms with Crippen LogP contribution < -0.4 is 4.74 Å². The minimum atomic E-state index is -1.01. The van der Waals surface area contributed by atoms with Crippen molar-refractivity contribution in [2.75, 3.05) is 6.61 Å². The van der Waals surface area contributed by atoms with Crippen molar-refractivity contribution in [3.63, 3.8) is 0 Å². The van der Waals surface area contributed by atoms with E-state index in [-0.39, 0.29) is 11.4 Å². The average Bonchev–Trinajstić information content (AvgIpc) is 2.43. The molecule has 1 heterocycles. The monoisotopic (exact) mass is 259 g/mol. The third kappa shape index (κ3) is 2.67. The first-order valence-electron chi connectivity index (χ1n) is 6.46. The lowest BCUT2D eigenvalue weighted by Crippen LogP contribution is -2.06. The Kier molecular flexibility index (Phi) is 4.00. The summed E-state index contributed by atoms with van der Waals surface area (Å²) in [6.45, 7) is 4.49. The zero-order valence-electron chi connectivity index (χ0n) is 11.1. The number of nitrogens with zero attached hydrogens (tertiary/aromatic N) is 1. The zero-order chi connectivity index (χ0) is 13.8. The third-order valence-corrected chi connectivity index (χ3v) is 2.95. The van der Waals surface area contributed by atoms with Crippen LogP contribution in [0.1, 0.15) is 36.2 Å². The van der Waals surface area contributed by atoms with Gasteiger partial charge in [0.1, 0.15) is 5.56 Å². The Bertz CT molecular complexity index is 608. The highest BCUT2D eigenvalue weighted by atomic mass is 16.5. The molecule has 0 fully saturated rings. The predicted octanol–water partition coefficient (Wildman–Crippen LogP) is 3.28. The van der Waals surface area contributed by atoms with Gasteiger partial charge in [-0.05, 0) is 24.5 Å². The molecule has 0 amide bonds. The van der Waals surface area contributed by atoms with Crippen molar-refractivity contribution in [1.29, 1.82) is 0 Å². The van der Waals surface area contributed by atoms with Crippen molar-refractivity contribution in [1.82, 2.24) is 4.98 Å². The lowest BCUT2D eigenvalue weighted by molar-refractivity contribution is 0.0691. The molecular formula is C15H17NO3. The van der Waals surface area contributed by atoms with Crippen LogP contribution in [0.3, 0.4) is 0 Å². The number of carboxylic acids is 1. The first kappa shape index (κ1) is 13.3. The van der Waals surface area contributed by atoms with Crippen LogP contribution in [0.2, 0.25) is 0 Å². The van der Waals surface area contributed by atoms with Gasteiger partial charge in [-0.2, -0.15) is 0 Å². The van der Waals surface area contributed by atoms with Gasteiger partial charge in [-0.3, -0.25) is 0 Å². The molecule has 1 aromatic carbocycles. The number of fused-ring (bicyclic) bond motifs is 1. The molecule has 2 rings (SSSR count). The fraction of sp³-hybridized carbons (Fsp3) is 0.333. The van der Waals surface area contributed by atoms with E-state index in [9.17, 15) is 9.90 Å². The maximum Gasteiger partial charge on any atom is 0.341 e. The topological polar surface area (TPSA) is 59.4 Å². The molecule has 0 spiro atoms. The molecule has 2 aromatic rings. The molecule has 1 N–H and O–H groups in total. The molecule has 4 heteroatoms. The number of hydrogen-bond acceptors (Lipinski definition) is 3. The molecule has 0 unspecified atom stereocenters. The lowest BCUT2D eigenvalue weighted by Gasteiger charge is -2.10. The summed E-state index contributed by atoms with van der Waals surface area (Å²) in [6, 6.07) is 7.42. The van der Waals surface area contributed by atoms with Gasteiger partial charge in [0.2, 0.25) is 5.88 Å². The largest absolute Gasteiger partial charge is 0.477 e. The Morgan fingerprint density at radius 1 is 1.37 bits per heavy atom. The van der Waals surface area contributed by atoms with Gasteiger partial charge in [-0.15, -0.1) is 0 Å². The fourth-order valence-corrected chi connectivity index (χ4v) is 1.99. The standard InChI is InChI=1S/C15H17NO3/c1-3-8-19-14-12(15(17)18)9-11-7-5-6-10(4-2)13(11)16-14/h5-7,9H,3-4,8H2,1-2H3,(H,17,18). The second-order valence-corrected chi connectivity index (χ2v) is 4.34. The summed E-state index contributed by atoms with van der Waals surface area (Å²) >= 11 is 0. The maximum absolute atomic E-state index is 11.3. The number of aryl methyl sites for hydroxylation is 1. The summed E-state index contributed by atoms with van der Waals surface area (Å²) in [6.07, 6.45) is 1.66. The zero-order valence-corrected chi connectivity index (χ0v) is 11.1. The summed E-state index contributed by atoms with van der Waals surface area (Å²) in [5.41, 5.74) is 2.03. The quantitative estimate of drug-likeness (QED) is 0.895. The third-order valence-electron chi connectivity index (χ3n) is 2.95. The van der Waals surface area contributed by atoms with Crippen molar-refractivity contribution >= 4 is 16.9 Å². The van der Waals surface area contributed by atoms with Crippen LogP contribution in [0.25, 0.3) is 10.9 Å². The molecule has 0 bridgehead atoms. The van der Waals surface area contributed by atoms with Crippen molar-refractivity contribution < 1.29 is 14.6 Å². The number of pyridine rings is 1. The molecule has 100 valence electrons. The molecule has 0 radical (unpaired) electrons. The van der Waals surface area contributed by atoms with Crippen molar-refractivity contribution in [3.05, 3.63) is 35.4 Å². The molecule has 0 aliphatic heterocycles. The van der Waals surface area contributed by atoms with Gasteiger partial charge in [0, 0.05) is 5.39 Å². The first-order chi connectivity index (χ1) is 9.17. The van der Waals surface area contributed by atoms with Crippen LogP contribution >= 0.6 is 0 Å². The molecule has 19 heavy (non-hydrogen) atoms. The molecular weight excluding hydrogens is 242 g/mol. The number of aromatic nitrogens is 1. The van der Waals surface area contributed by atoms with Crippen molar-refractivity contribution in [3.8, 4) is 5.88 Å². The van der Waals surface area contributed by atoms with Gasteiger partial charge in [-0.25, -0.2) is 9.78 Å². The van der Waals surface area contributed by atoms with E-state index in [1.807, 2.05) is 32.0 Å². The molecule has 4 nitrogen and oxygen atoms in total. The Morgan fingerprint density at radius 3 is 2.79 bits per heavy atom. The van der Waals surface area contributed by atoms with Gasteiger partial charge in [0.25, 0.3) is 0 Å². The number of carboxylic acid groups (broad SMARTS) is 1. The number of benzene rings is 1. The van der Waals surface area contributed by atoms with Gasteiger partial charge < -0.3 is 9.84 Å². The van der Waals surface area contributed by atoms with E-state index >= 15 is 0 Å². The Morgan fingerprint density at radius 2 is 2.16 bits per heavy atom. The maximum atomic E-state index is 11.3. The smallest absolute Gasteiger partial charge is 0.341 e. The van der Waals surface area contributed by atoms with Gasteiger partial charge >= 0.3 is 5.97 Å². The van der Waals surface area contributed by atoms with E-state index < -0.39 is 5.97 Å². The number of ether oxygens (including phenoxy) is 1. The minimum absolute atomic E-state index is 0.120. The van der Waals surface area contributed by atoms with Crippen LogP contribution in [0, 0.1) is 0 Å². The van der Waals surface area contributed by atoms with Crippen LogP contribution in [0.15, 0.2) is 24.3 Å².